The van der Waals surface area contributed by atoms with Gasteiger partial charge in [-0.3, -0.25) is 19.8 Å². The van der Waals surface area contributed by atoms with E-state index in [9.17, 15) is 9.59 Å². The molecule has 3 N–H and O–H groups in total. The van der Waals surface area contributed by atoms with Crippen LogP contribution >= 0.6 is 0 Å². The SMILES string of the molecule is O=C1NCCN2CCN(C(=O)NCCc3nc(-c4cccnc4)n[nH]3)C[C@@H]12. The molecule has 3 amide bonds. The zero-order valence-corrected chi connectivity index (χ0v) is 14.9. The lowest BCUT2D eigenvalue weighted by molar-refractivity contribution is -0.131. The standard InChI is InChI=1S/C17H22N8O2/c26-16-13-11-25(9-8-24(13)7-6-19-16)17(27)20-5-3-14-21-15(23-22-14)12-2-1-4-18-10-12/h1-2,4,10,13H,3,5-9,11H2,(H,19,26)(H,20,27)(H,21,22,23)/t13-/m0/s1. The third-order valence-electron chi connectivity index (χ3n) is 4.87. The minimum absolute atomic E-state index is 0.00309. The molecule has 0 saturated carbocycles. The number of piperazine rings is 2. The summed E-state index contributed by atoms with van der Waals surface area (Å²) in [5, 5.41) is 12.8. The minimum Gasteiger partial charge on any atom is -0.353 e. The average Bonchev–Trinajstić information content (AvgIpc) is 3.18. The fourth-order valence-corrected chi connectivity index (χ4v) is 3.39. The summed E-state index contributed by atoms with van der Waals surface area (Å²) in [6, 6.07) is 3.33. The van der Waals surface area contributed by atoms with Crippen molar-refractivity contribution >= 4 is 11.9 Å². The molecule has 0 bridgehead atoms. The highest BCUT2D eigenvalue weighted by molar-refractivity contribution is 5.84. The predicted octanol–water partition coefficient (Wildman–Crippen LogP) is -0.765. The lowest BCUT2D eigenvalue weighted by Crippen LogP contribution is -2.65. The van der Waals surface area contributed by atoms with Gasteiger partial charge in [-0.2, -0.15) is 5.10 Å². The smallest absolute Gasteiger partial charge is 0.317 e. The second-order valence-electron chi connectivity index (χ2n) is 6.62. The molecule has 0 unspecified atom stereocenters. The number of hydrogen-bond donors (Lipinski definition) is 3. The zero-order valence-electron chi connectivity index (χ0n) is 14.9. The van der Waals surface area contributed by atoms with Crippen LogP contribution in [0.25, 0.3) is 11.4 Å². The van der Waals surface area contributed by atoms with Gasteiger partial charge in [0.1, 0.15) is 11.9 Å². The Morgan fingerprint density at radius 1 is 1.33 bits per heavy atom. The molecule has 0 aromatic carbocycles. The molecule has 4 rings (SSSR count). The molecule has 0 aliphatic carbocycles. The van der Waals surface area contributed by atoms with Crippen molar-refractivity contribution in [3.05, 3.63) is 30.4 Å². The second-order valence-corrected chi connectivity index (χ2v) is 6.62. The van der Waals surface area contributed by atoms with Gasteiger partial charge in [-0.05, 0) is 12.1 Å². The third kappa shape index (κ3) is 3.90. The van der Waals surface area contributed by atoms with E-state index >= 15 is 0 Å². The molecule has 2 aliphatic rings. The van der Waals surface area contributed by atoms with Crippen molar-refractivity contribution in [2.24, 2.45) is 0 Å². The first-order chi connectivity index (χ1) is 13.2. The number of nitrogens with one attached hydrogen (secondary N) is 3. The van der Waals surface area contributed by atoms with Crippen LogP contribution < -0.4 is 10.6 Å². The van der Waals surface area contributed by atoms with Gasteiger partial charge in [0, 0.05) is 63.6 Å². The lowest BCUT2D eigenvalue weighted by atomic mass is 10.1. The normalized spacial score (nSPS) is 20.1. The second kappa shape index (κ2) is 7.70. The molecule has 2 saturated heterocycles. The van der Waals surface area contributed by atoms with E-state index in [4.69, 9.17) is 0 Å². The fraction of sp³-hybridized carbons (Fsp3) is 0.471. The number of aromatic nitrogens is 4. The van der Waals surface area contributed by atoms with E-state index in [-0.39, 0.29) is 18.0 Å². The van der Waals surface area contributed by atoms with Crippen molar-refractivity contribution in [3.8, 4) is 11.4 Å². The van der Waals surface area contributed by atoms with Crippen molar-refractivity contribution in [2.45, 2.75) is 12.5 Å². The van der Waals surface area contributed by atoms with E-state index in [0.29, 0.717) is 44.2 Å². The first-order valence-electron chi connectivity index (χ1n) is 9.07. The van der Waals surface area contributed by atoms with Crippen molar-refractivity contribution in [1.29, 1.82) is 0 Å². The minimum atomic E-state index is -0.241. The number of carbonyl (C=O) groups is 2. The molecule has 10 nitrogen and oxygen atoms in total. The summed E-state index contributed by atoms with van der Waals surface area (Å²) in [7, 11) is 0. The van der Waals surface area contributed by atoms with Gasteiger partial charge in [0.25, 0.3) is 0 Å². The van der Waals surface area contributed by atoms with Crippen LogP contribution in [0.15, 0.2) is 24.5 Å². The van der Waals surface area contributed by atoms with Crippen LogP contribution in [-0.2, 0) is 11.2 Å². The van der Waals surface area contributed by atoms with Gasteiger partial charge >= 0.3 is 6.03 Å². The third-order valence-corrected chi connectivity index (χ3v) is 4.87. The highest BCUT2D eigenvalue weighted by Gasteiger charge is 2.36. The van der Waals surface area contributed by atoms with E-state index in [1.54, 1.807) is 17.3 Å². The van der Waals surface area contributed by atoms with Crippen LogP contribution in [-0.4, -0.2) is 87.2 Å². The quantitative estimate of drug-likeness (QED) is 0.651. The number of carbonyl (C=O) groups excluding carboxylic acids is 2. The summed E-state index contributed by atoms with van der Waals surface area (Å²) >= 11 is 0. The van der Waals surface area contributed by atoms with E-state index in [1.807, 2.05) is 12.1 Å². The number of nitrogens with zero attached hydrogens (tertiary/aromatic N) is 5. The molecule has 2 aromatic heterocycles. The van der Waals surface area contributed by atoms with E-state index in [2.05, 4.69) is 35.7 Å². The molecule has 2 aliphatic heterocycles. The highest BCUT2D eigenvalue weighted by Crippen LogP contribution is 2.13. The van der Waals surface area contributed by atoms with Crippen molar-refractivity contribution in [1.82, 2.24) is 40.6 Å². The molecule has 2 aromatic rings. The zero-order chi connectivity index (χ0) is 18.6. The number of H-pyrrole nitrogens is 1. The van der Waals surface area contributed by atoms with Crippen LogP contribution in [0.1, 0.15) is 5.82 Å². The van der Waals surface area contributed by atoms with Gasteiger partial charge in [0.2, 0.25) is 5.91 Å². The summed E-state index contributed by atoms with van der Waals surface area (Å²) in [5.74, 6) is 1.29. The van der Waals surface area contributed by atoms with Crippen molar-refractivity contribution in [2.75, 3.05) is 39.3 Å². The largest absolute Gasteiger partial charge is 0.353 e. The van der Waals surface area contributed by atoms with Crippen LogP contribution in [0.5, 0.6) is 0 Å². The van der Waals surface area contributed by atoms with Crippen molar-refractivity contribution in [3.63, 3.8) is 0 Å². The van der Waals surface area contributed by atoms with Gasteiger partial charge in [-0.15, -0.1) is 0 Å². The Morgan fingerprint density at radius 2 is 2.26 bits per heavy atom. The van der Waals surface area contributed by atoms with Crippen LogP contribution in [0, 0.1) is 0 Å². The predicted molar refractivity (Wildman–Crippen MR) is 96.7 cm³/mol. The Labute approximate surface area is 156 Å². The van der Waals surface area contributed by atoms with E-state index in [1.165, 1.54) is 0 Å². The summed E-state index contributed by atoms with van der Waals surface area (Å²) in [6.45, 7) is 3.74. The summed E-state index contributed by atoms with van der Waals surface area (Å²) in [6.07, 6.45) is 3.95. The maximum absolute atomic E-state index is 12.4. The van der Waals surface area contributed by atoms with Gasteiger partial charge in [0.05, 0.1) is 0 Å². The molecular weight excluding hydrogens is 348 g/mol. The Morgan fingerprint density at radius 3 is 3.11 bits per heavy atom. The number of urea groups is 1. The molecule has 142 valence electrons. The Balaban J connectivity index is 1.26. The Bertz CT molecular complexity index is 808. The molecule has 10 heteroatoms. The number of aromatic amines is 1. The molecule has 0 radical (unpaired) electrons. The molecular formula is C17H22N8O2. The molecule has 2 fully saturated rings. The number of fused-ring (bicyclic) bond motifs is 1. The molecule has 1 atom stereocenters. The van der Waals surface area contributed by atoms with Gasteiger partial charge in [-0.25, -0.2) is 9.78 Å². The van der Waals surface area contributed by atoms with Crippen LogP contribution in [0.3, 0.4) is 0 Å². The average molecular weight is 370 g/mol. The summed E-state index contributed by atoms with van der Waals surface area (Å²) in [5.41, 5.74) is 0.840. The molecule has 0 spiro atoms. The van der Waals surface area contributed by atoms with E-state index < -0.39 is 0 Å². The fourth-order valence-electron chi connectivity index (χ4n) is 3.39. The van der Waals surface area contributed by atoms with Gasteiger partial charge in [0.15, 0.2) is 5.82 Å². The highest BCUT2D eigenvalue weighted by atomic mass is 16.2. The maximum atomic E-state index is 12.4. The maximum Gasteiger partial charge on any atom is 0.317 e. The Kier molecular flexibility index (Phi) is 4.97. The summed E-state index contributed by atoms with van der Waals surface area (Å²) < 4.78 is 0. The Hall–Kier alpha value is -3.01. The van der Waals surface area contributed by atoms with Gasteiger partial charge in [-0.1, -0.05) is 0 Å². The number of amides is 3. The van der Waals surface area contributed by atoms with Crippen LogP contribution in [0.2, 0.25) is 0 Å². The molecule has 27 heavy (non-hydrogen) atoms. The lowest BCUT2D eigenvalue weighted by Gasteiger charge is -2.42. The first kappa shape index (κ1) is 17.4. The number of pyridine rings is 1. The van der Waals surface area contributed by atoms with E-state index in [0.717, 1.165) is 18.7 Å². The van der Waals surface area contributed by atoms with Crippen molar-refractivity contribution < 1.29 is 9.59 Å². The van der Waals surface area contributed by atoms with Gasteiger partial charge < -0.3 is 15.5 Å². The summed E-state index contributed by atoms with van der Waals surface area (Å²) in [4.78, 5) is 36.7. The topological polar surface area (TPSA) is 119 Å². The van der Waals surface area contributed by atoms with Crippen LogP contribution in [0.4, 0.5) is 4.79 Å². The first-order valence-corrected chi connectivity index (χ1v) is 9.07. The monoisotopic (exact) mass is 370 g/mol. The molecule has 4 heterocycles. The number of rotatable bonds is 4. The number of hydrogen-bond acceptors (Lipinski definition) is 6.